The molecule has 0 aliphatic carbocycles. The predicted octanol–water partition coefficient (Wildman–Crippen LogP) is 6.21. The Hall–Kier alpha value is -4.63. The Balaban J connectivity index is 1.66. The van der Waals surface area contributed by atoms with Crippen molar-refractivity contribution in [2.75, 3.05) is 23.9 Å². The summed E-state index contributed by atoms with van der Waals surface area (Å²) in [4.78, 5) is 28.8. The van der Waals surface area contributed by atoms with Crippen LogP contribution in [0.4, 0.5) is 5.69 Å². The second-order valence-electron chi connectivity index (χ2n) is 11.4. The van der Waals surface area contributed by atoms with Crippen molar-refractivity contribution in [2.24, 2.45) is 5.92 Å². The summed E-state index contributed by atoms with van der Waals surface area (Å²) in [5, 5.41) is 2.91. The van der Waals surface area contributed by atoms with E-state index < -0.39 is 28.5 Å². The van der Waals surface area contributed by atoms with Crippen molar-refractivity contribution in [1.29, 1.82) is 0 Å². The van der Waals surface area contributed by atoms with E-state index in [-0.39, 0.29) is 23.3 Å². The summed E-state index contributed by atoms with van der Waals surface area (Å²) in [6.07, 6.45) is 0.505. The summed E-state index contributed by atoms with van der Waals surface area (Å²) in [7, 11) is -4.16. The minimum absolute atomic E-state index is 0.0593. The number of carbonyl (C=O) groups excluding carboxylic acids is 2. The maximum Gasteiger partial charge on any atom is 0.264 e. The number of nitrogens with zero attached hydrogens (tertiary/aromatic N) is 2. The van der Waals surface area contributed by atoms with Crippen molar-refractivity contribution in [3.05, 3.63) is 120 Å². The third kappa shape index (κ3) is 9.18. The van der Waals surface area contributed by atoms with E-state index in [0.717, 1.165) is 15.4 Å². The second kappa shape index (κ2) is 15.4. The molecule has 4 rings (SSSR count). The minimum atomic E-state index is -4.16. The first kappa shape index (κ1) is 33.3. The van der Waals surface area contributed by atoms with Gasteiger partial charge in [-0.25, -0.2) is 8.42 Å². The summed E-state index contributed by atoms with van der Waals surface area (Å²) in [5.41, 5.74) is 2.21. The van der Waals surface area contributed by atoms with Gasteiger partial charge in [0, 0.05) is 13.1 Å². The molecule has 1 atom stereocenters. The average Bonchev–Trinajstić information content (AvgIpc) is 3.04. The topological polar surface area (TPSA) is 96.0 Å². The van der Waals surface area contributed by atoms with Crippen LogP contribution in [0.1, 0.15) is 31.9 Å². The molecule has 8 nitrogen and oxygen atoms in total. The van der Waals surface area contributed by atoms with Crippen molar-refractivity contribution < 1.29 is 22.7 Å². The van der Waals surface area contributed by atoms with Crippen LogP contribution < -0.4 is 14.4 Å². The number of amides is 2. The van der Waals surface area contributed by atoms with Gasteiger partial charge in [-0.1, -0.05) is 80.1 Å². The van der Waals surface area contributed by atoms with E-state index in [1.165, 1.54) is 17.0 Å². The van der Waals surface area contributed by atoms with E-state index in [9.17, 15) is 18.0 Å². The van der Waals surface area contributed by atoms with E-state index in [1.807, 2.05) is 81.4 Å². The van der Waals surface area contributed by atoms with Crippen LogP contribution in [0.15, 0.2) is 114 Å². The molecule has 45 heavy (non-hydrogen) atoms. The van der Waals surface area contributed by atoms with Crippen LogP contribution in [0.25, 0.3) is 0 Å². The number of hydrogen-bond acceptors (Lipinski definition) is 5. The molecule has 4 aromatic carbocycles. The van der Waals surface area contributed by atoms with E-state index in [1.54, 1.807) is 43.3 Å². The first-order valence-corrected chi connectivity index (χ1v) is 16.5. The van der Waals surface area contributed by atoms with Crippen LogP contribution in [0, 0.1) is 12.8 Å². The van der Waals surface area contributed by atoms with Gasteiger partial charge in [0.1, 0.15) is 24.1 Å². The number of nitrogens with one attached hydrogen (secondary N) is 1. The van der Waals surface area contributed by atoms with Gasteiger partial charge in [0.2, 0.25) is 11.8 Å². The Morgan fingerprint density at radius 2 is 1.36 bits per heavy atom. The standard InChI is InChI=1S/C36H41N3O5S/c1-27(2)25-37-36(41)29(4)38(24-23-30-11-7-5-8-12-30)35(40)26-39(45(42,43)34-21-15-28(3)16-22-34)31-17-19-33(20-18-31)44-32-13-9-6-10-14-32/h5-22,27,29H,23-26H2,1-4H3,(H,37,41). The Morgan fingerprint density at radius 3 is 1.96 bits per heavy atom. The van der Waals surface area contributed by atoms with Crippen molar-refractivity contribution in [3.8, 4) is 11.5 Å². The van der Waals surface area contributed by atoms with E-state index in [2.05, 4.69) is 5.32 Å². The van der Waals surface area contributed by atoms with Gasteiger partial charge in [-0.3, -0.25) is 13.9 Å². The minimum Gasteiger partial charge on any atom is -0.457 e. The number of hydrogen-bond donors (Lipinski definition) is 1. The van der Waals surface area contributed by atoms with Gasteiger partial charge < -0.3 is 15.0 Å². The zero-order valence-electron chi connectivity index (χ0n) is 26.2. The molecule has 0 saturated carbocycles. The molecule has 1 unspecified atom stereocenters. The number of benzene rings is 4. The molecule has 0 aliphatic heterocycles. The lowest BCUT2D eigenvalue weighted by Crippen LogP contribution is -2.52. The highest BCUT2D eigenvalue weighted by atomic mass is 32.2. The van der Waals surface area contributed by atoms with Crippen molar-refractivity contribution >= 4 is 27.5 Å². The van der Waals surface area contributed by atoms with Gasteiger partial charge in [0.25, 0.3) is 10.0 Å². The number of aryl methyl sites for hydroxylation is 1. The number of rotatable bonds is 14. The molecular weight excluding hydrogens is 586 g/mol. The molecular formula is C36H41N3O5S. The quantitative estimate of drug-likeness (QED) is 0.179. The van der Waals surface area contributed by atoms with E-state index in [4.69, 9.17) is 4.74 Å². The van der Waals surface area contributed by atoms with Crippen LogP contribution in [-0.4, -0.2) is 50.8 Å². The summed E-state index contributed by atoms with van der Waals surface area (Å²) in [6.45, 7) is 7.75. The molecule has 0 radical (unpaired) electrons. The van der Waals surface area contributed by atoms with E-state index >= 15 is 0 Å². The SMILES string of the molecule is Cc1ccc(S(=O)(=O)N(CC(=O)N(CCc2ccccc2)C(C)C(=O)NCC(C)C)c2ccc(Oc3ccccc3)cc2)cc1. The normalized spacial score (nSPS) is 11.9. The molecule has 0 saturated heterocycles. The summed E-state index contributed by atoms with van der Waals surface area (Å²) >= 11 is 0. The van der Waals surface area contributed by atoms with Gasteiger partial charge in [-0.15, -0.1) is 0 Å². The lowest BCUT2D eigenvalue weighted by molar-refractivity contribution is -0.138. The number of sulfonamides is 1. The number of anilines is 1. The first-order valence-electron chi connectivity index (χ1n) is 15.1. The van der Waals surface area contributed by atoms with Crippen LogP contribution >= 0.6 is 0 Å². The predicted molar refractivity (Wildman–Crippen MR) is 178 cm³/mol. The highest BCUT2D eigenvalue weighted by molar-refractivity contribution is 7.92. The van der Waals surface area contributed by atoms with Crippen LogP contribution in [0.5, 0.6) is 11.5 Å². The van der Waals surface area contributed by atoms with Gasteiger partial charge >= 0.3 is 0 Å². The molecule has 0 spiro atoms. The molecule has 0 bridgehead atoms. The average molecular weight is 628 g/mol. The van der Waals surface area contributed by atoms with Crippen LogP contribution in [0.3, 0.4) is 0 Å². The first-order chi connectivity index (χ1) is 21.5. The smallest absolute Gasteiger partial charge is 0.264 e. The largest absolute Gasteiger partial charge is 0.457 e. The van der Waals surface area contributed by atoms with Gasteiger partial charge in [0.05, 0.1) is 10.6 Å². The summed E-state index contributed by atoms with van der Waals surface area (Å²) in [5.74, 6) is 0.616. The van der Waals surface area contributed by atoms with Crippen LogP contribution in [-0.2, 0) is 26.0 Å². The van der Waals surface area contributed by atoms with Crippen molar-refractivity contribution in [2.45, 2.75) is 45.1 Å². The molecule has 9 heteroatoms. The molecule has 4 aromatic rings. The lowest BCUT2D eigenvalue weighted by Gasteiger charge is -2.32. The highest BCUT2D eigenvalue weighted by Crippen LogP contribution is 2.28. The highest BCUT2D eigenvalue weighted by Gasteiger charge is 2.32. The Morgan fingerprint density at radius 1 is 0.778 bits per heavy atom. The maximum absolute atomic E-state index is 14.1. The molecule has 0 aliphatic rings. The lowest BCUT2D eigenvalue weighted by atomic mass is 10.1. The molecule has 1 N–H and O–H groups in total. The maximum atomic E-state index is 14.1. The van der Waals surface area contributed by atoms with Crippen molar-refractivity contribution in [1.82, 2.24) is 10.2 Å². The van der Waals surface area contributed by atoms with Gasteiger partial charge in [-0.05, 0) is 80.3 Å². The zero-order chi connectivity index (χ0) is 32.4. The monoisotopic (exact) mass is 627 g/mol. The zero-order valence-corrected chi connectivity index (χ0v) is 27.0. The Bertz CT molecular complexity index is 1640. The Labute approximate surface area is 266 Å². The van der Waals surface area contributed by atoms with Gasteiger partial charge in [0.15, 0.2) is 0 Å². The fraction of sp³-hybridized carbons (Fsp3) is 0.278. The molecule has 2 amide bonds. The molecule has 236 valence electrons. The van der Waals surface area contributed by atoms with E-state index in [0.29, 0.717) is 30.2 Å². The summed E-state index contributed by atoms with van der Waals surface area (Å²) in [6, 6.07) is 31.2. The molecule has 0 heterocycles. The third-order valence-corrected chi connectivity index (χ3v) is 9.12. The number of para-hydroxylation sites is 1. The van der Waals surface area contributed by atoms with Crippen LogP contribution in [0.2, 0.25) is 0 Å². The fourth-order valence-corrected chi connectivity index (χ4v) is 6.11. The van der Waals surface area contributed by atoms with Crippen molar-refractivity contribution in [3.63, 3.8) is 0 Å². The second-order valence-corrected chi connectivity index (χ2v) is 13.2. The fourth-order valence-electron chi connectivity index (χ4n) is 4.69. The van der Waals surface area contributed by atoms with Gasteiger partial charge in [-0.2, -0.15) is 0 Å². The Kier molecular flexibility index (Phi) is 11.4. The number of carbonyl (C=O) groups is 2. The molecule has 0 fully saturated rings. The third-order valence-electron chi connectivity index (χ3n) is 7.33. The number of ether oxygens (including phenoxy) is 1. The molecule has 0 aromatic heterocycles. The summed E-state index contributed by atoms with van der Waals surface area (Å²) < 4.78 is 35.2.